The molecule has 0 aromatic heterocycles. The van der Waals surface area contributed by atoms with Gasteiger partial charge < -0.3 is 5.32 Å². The molecule has 94 valence electrons. The van der Waals surface area contributed by atoms with E-state index in [1.165, 1.54) is 34.9 Å². The van der Waals surface area contributed by atoms with Crippen LogP contribution in [0.25, 0.3) is 0 Å². The third kappa shape index (κ3) is 3.11. The van der Waals surface area contributed by atoms with E-state index in [9.17, 15) is 0 Å². The van der Waals surface area contributed by atoms with Gasteiger partial charge in [-0.1, -0.05) is 48.3 Å². The third-order valence-corrected chi connectivity index (χ3v) is 4.74. The zero-order valence-corrected chi connectivity index (χ0v) is 12.6. The lowest BCUT2D eigenvalue weighted by molar-refractivity contribution is 0.282. The Hall–Kier alpha value is -0.340. The van der Waals surface area contributed by atoms with Gasteiger partial charge in [-0.05, 0) is 42.4 Å². The molecule has 0 amide bonds. The lowest BCUT2D eigenvalue weighted by Crippen LogP contribution is -2.37. The zero-order chi connectivity index (χ0) is 12.5. The molecular weight excluding hydrogens is 274 g/mol. The van der Waals surface area contributed by atoms with E-state index in [0.717, 1.165) is 6.54 Å². The Kier molecular flexibility index (Phi) is 3.94. The topological polar surface area (TPSA) is 12.0 Å². The highest BCUT2D eigenvalue weighted by molar-refractivity contribution is 9.10. The van der Waals surface area contributed by atoms with Crippen molar-refractivity contribution in [3.63, 3.8) is 0 Å². The average molecular weight is 296 g/mol. The van der Waals surface area contributed by atoms with Gasteiger partial charge in [0.2, 0.25) is 0 Å². The molecule has 1 atom stereocenters. The second kappa shape index (κ2) is 5.11. The quantitative estimate of drug-likeness (QED) is 0.870. The fourth-order valence-electron chi connectivity index (χ4n) is 2.73. The van der Waals surface area contributed by atoms with Crippen LogP contribution >= 0.6 is 15.9 Å². The molecule has 1 fully saturated rings. The van der Waals surface area contributed by atoms with Gasteiger partial charge in [0.25, 0.3) is 0 Å². The van der Waals surface area contributed by atoms with Crippen LogP contribution in [-0.2, 0) is 6.54 Å². The van der Waals surface area contributed by atoms with Crippen LogP contribution in [0.2, 0.25) is 0 Å². The molecule has 1 saturated carbocycles. The predicted molar refractivity (Wildman–Crippen MR) is 77.1 cm³/mol. The molecule has 1 unspecified atom stereocenters. The summed E-state index contributed by atoms with van der Waals surface area (Å²) in [5, 5.41) is 3.72. The highest BCUT2D eigenvalue weighted by Gasteiger charge is 2.33. The Balaban J connectivity index is 1.98. The smallest absolute Gasteiger partial charge is 0.0222 e. The molecule has 0 spiro atoms. The predicted octanol–water partition coefficient (Wildman–Crippen LogP) is 4.43. The first-order valence-electron chi connectivity index (χ1n) is 6.47. The van der Waals surface area contributed by atoms with Crippen LogP contribution in [-0.4, -0.2) is 6.04 Å². The van der Waals surface area contributed by atoms with Crippen LogP contribution in [0, 0.1) is 12.3 Å². The molecule has 0 heterocycles. The molecule has 1 nitrogen and oxygen atoms in total. The summed E-state index contributed by atoms with van der Waals surface area (Å²) in [7, 11) is 0. The molecule has 0 radical (unpaired) electrons. The Morgan fingerprint density at radius 3 is 2.76 bits per heavy atom. The van der Waals surface area contributed by atoms with Crippen molar-refractivity contribution in [2.45, 2.75) is 52.6 Å². The molecule has 0 saturated heterocycles. The van der Waals surface area contributed by atoms with Gasteiger partial charge in [-0.25, -0.2) is 0 Å². The molecule has 0 bridgehead atoms. The number of benzene rings is 1. The molecule has 1 N–H and O–H groups in total. The zero-order valence-electron chi connectivity index (χ0n) is 11.0. The summed E-state index contributed by atoms with van der Waals surface area (Å²) in [5.41, 5.74) is 3.12. The Labute approximate surface area is 113 Å². The largest absolute Gasteiger partial charge is 0.309 e. The number of halogens is 1. The van der Waals surface area contributed by atoms with Crippen LogP contribution in [0.3, 0.4) is 0 Å². The molecule has 1 aliphatic carbocycles. The van der Waals surface area contributed by atoms with E-state index in [-0.39, 0.29) is 0 Å². The minimum absolute atomic E-state index is 0.456. The van der Waals surface area contributed by atoms with Crippen LogP contribution in [0.1, 0.15) is 44.2 Å². The summed E-state index contributed by atoms with van der Waals surface area (Å²) in [6.07, 6.45) is 4.02. The van der Waals surface area contributed by atoms with Gasteiger partial charge >= 0.3 is 0 Å². The van der Waals surface area contributed by atoms with Crippen molar-refractivity contribution in [2.75, 3.05) is 0 Å². The van der Waals surface area contributed by atoms with Crippen molar-refractivity contribution in [3.05, 3.63) is 33.8 Å². The molecule has 2 heteroatoms. The normalized spacial score (nSPS) is 22.9. The van der Waals surface area contributed by atoms with E-state index in [1.54, 1.807) is 0 Å². The molecular formula is C15H22BrN. The third-order valence-electron chi connectivity index (χ3n) is 4.00. The van der Waals surface area contributed by atoms with Gasteiger partial charge in [0.15, 0.2) is 0 Å². The SMILES string of the molecule is Cc1ccc(CNC2CCCC2(C)C)c(Br)c1. The van der Waals surface area contributed by atoms with Gasteiger partial charge in [0.1, 0.15) is 0 Å². The number of hydrogen-bond acceptors (Lipinski definition) is 1. The van der Waals surface area contributed by atoms with E-state index < -0.39 is 0 Å². The van der Waals surface area contributed by atoms with Gasteiger partial charge in [0, 0.05) is 17.1 Å². The summed E-state index contributed by atoms with van der Waals surface area (Å²) in [5.74, 6) is 0. The maximum absolute atomic E-state index is 3.72. The Bertz CT molecular complexity index is 398. The number of aryl methyl sites for hydroxylation is 1. The first kappa shape index (κ1) is 13.1. The maximum Gasteiger partial charge on any atom is 0.0222 e. The lowest BCUT2D eigenvalue weighted by atomic mass is 9.87. The number of rotatable bonds is 3. The van der Waals surface area contributed by atoms with Crippen LogP contribution in [0.15, 0.2) is 22.7 Å². The average Bonchev–Trinajstić information content (AvgIpc) is 2.57. The van der Waals surface area contributed by atoms with Gasteiger partial charge in [-0.3, -0.25) is 0 Å². The summed E-state index contributed by atoms with van der Waals surface area (Å²) in [4.78, 5) is 0. The van der Waals surface area contributed by atoms with Crippen molar-refractivity contribution < 1.29 is 0 Å². The number of nitrogens with one attached hydrogen (secondary N) is 1. The lowest BCUT2D eigenvalue weighted by Gasteiger charge is -2.28. The second-order valence-electron chi connectivity index (χ2n) is 5.91. The van der Waals surface area contributed by atoms with Gasteiger partial charge in [-0.15, -0.1) is 0 Å². The Morgan fingerprint density at radius 2 is 2.18 bits per heavy atom. The van der Waals surface area contributed by atoms with E-state index >= 15 is 0 Å². The van der Waals surface area contributed by atoms with Crippen molar-refractivity contribution >= 4 is 15.9 Å². The highest BCUT2D eigenvalue weighted by Crippen LogP contribution is 2.37. The Morgan fingerprint density at radius 1 is 1.41 bits per heavy atom. The van der Waals surface area contributed by atoms with Crippen LogP contribution in [0.5, 0.6) is 0 Å². The fraction of sp³-hybridized carbons (Fsp3) is 0.600. The van der Waals surface area contributed by atoms with E-state index in [2.05, 4.69) is 60.2 Å². The molecule has 17 heavy (non-hydrogen) atoms. The second-order valence-corrected chi connectivity index (χ2v) is 6.76. The maximum atomic E-state index is 3.72. The van der Waals surface area contributed by atoms with Crippen molar-refractivity contribution in [2.24, 2.45) is 5.41 Å². The summed E-state index contributed by atoms with van der Waals surface area (Å²) in [6, 6.07) is 7.25. The van der Waals surface area contributed by atoms with Crippen LogP contribution in [0.4, 0.5) is 0 Å². The molecule has 1 aromatic carbocycles. The van der Waals surface area contributed by atoms with Gasteiger partial charge in [0.05, 0.1) is 0 Å². The molecule has 1 aliphatic rings. The molecule has 1 aromatic rings. The van der Waals surface area contributed by atoms with Gasteiger partial charge in [-0.2, -0.15) is 0 Å². The van der Waals surface area contributed by atoms with Crippen LogP contribution < -0.4 is 5.32 Å². The minimum atomic E-state index is 0.456. The molecule has 2 rings (SSSR count). The van der Waals surface area contributed by atoms with E-state index in [1.807, 2.05) is 0 Å². The van der Waals surface area contributed by atoms with Crippen molar-refractivity contribution in [3.8, 4) is 0 Å². The van der Waals surface area contributed by atoms with E-state index in [0.29, 0.717) is 11.5 Å². The summed E-state index contributed by atoms with van der Waals surface area (Å²) < 4.78 is 1.22. The summed E-state index contributed by atoms with van der Waals surface area (Å²) >= 11 is 3.65. The first-order chi connectivity index (χ1) is 7.99. The molecule has 0 aliphatic heterocycles. The highest BCUT2D eigenvalue weighted by atomic mass is 79.9. The van der Waals surface area contributed by atoms with Crippen molar-refractivity contribution in [1.29, 1.82) is 0 Å². The monoisotopic (exact) mass is 295 g/mol. The first-order valence-corrected chi connectivity index (χ1v) is 7.27. The standard InChI is InChI=1S/C15H22BrN/c1-11-6-7-12(13(16)9-11)10-17-14-5-4-8-15(14,2)3/h6-7,9,14,17H,4-5,8,10H2,1-3H3. The summed E-state index contributed by atoms with van der Waals surface area (Å²) in [6.45, 7) is 7.85. The minimum Gasteiger partial charge on any atom is -0.309 e. The van der Waals surface area contributed by atoms with Crippen molar-refractivity contribution in [1.82, 2.24) is 5.32 Å². The van der Waals surface area contributed by atoms with E-state index in [4.69, 9.17) is 0 Å². The number of hydrogen-bond donors (Lipinski definition) is 1. The fourth-order valence-corrected chi connectivity index (χ4v) is 3.37.